The van der Waals surface area contributed by atoms with Gasteiger partial charge >= 0.3 is 0 Å². The van der Waals surface area contributed by atoms with Crippen LogP contribution >= 0.6 is 23.2 Å². The summed E-state index contributed by atoms with van der Waals surface area (Å²) in [6.07, 6.45) is 1.09. The van der Waals surface area contributed by atoms with E-state index in [1.54, 1.807) is 24.3 Å². The molecule has 41 heavy (non-hydrogen) atoms. The van der Waals surface area contributed by atoms with Crippen LogP contribution in [0.2, 0.25) is 10.0 Å². The molecule has 0 saturated carbocycles. The topological polar surface area (TPSA) is 86.4 Å². The number of halogens is 4. The van der Waals surface area contributed by atoms with E-state index in [0.717, 1.165) is 0 Å². The lowest BCUT2D eigenvalue weighted by atomic mass is 9.85. The summed E-state index contributed by atoms with van der Waals surface area (Å²) in [4.78, 5) is 14.9. The van der Waals surface area contributed by atoms with E-state index >= 15 is 0 Å². The zero-order chi connectivity index (χ0) is 29.6. The standard InChI is InChI=1S/C30H31Cl2F2N3O4/c1-39-17-7-14-29(40-2,24-19-22(34)11-13-26(24)32)28(38)37-30(15-6-16-35,20-8-4-3-5-9-20)41-27(36-37)23-18-21(33)10-12-25(23)31/h3-5,8-13,18-19H,6-7,14-17,35H2,1-2H3/t29-,30-/m0/s1. The number of nitrogens with two attached hydrogens (primary N) is 1. The highest BCUT2D eigenvalue weighted by atomic mass is 35.5. The number of nitrogens with zero attached hydrogens (tertiary/aromatic N) is 2. The van der Waals surface area contributed by atoms with Gasteiger partial charge in [-0.15, -0.1) is 5.10 Å². The maximum Gasteiger partial charge on any atom is 0.283 e. The highest BCUT2D eigenvalue weighted by Crippen LogP contribution is 2.46. The number of benzene rings is 3. The van der Waals surface area contributed by atoms with E-state index in [0.29, 0.717) is 25.0 Å². The van der Waals surface area contributed by atoms with Gasteiger partial charge in [-0.3, -0.25) is 4.79 Å². The van der Waals surface area contributed by atoms with Crippen molar-refractivity contribution in [1.82, 2.24) is 5.01 Å². The molecule has 0 saturated heterocycles. The summed E-state index contributed by atoms with van der Waals surface area (Å²) in [5.74, 6) is -1.91. The molecule has 4 rings (SSSR count). The number of methoxy groups -OCH3 is 2. The highest BCUT2D eigenvalue weighted by Gasteiger charge is 2.56. The van der Waals surface area contributed by atoms with Crippen LogP contribution in [0.3, 0.4) is 0 Å². The van der Waals surface area contributed by atoms with E-state index in [1.165, 1.54) is 55.6 Å². The Morgan fingerprint density at radius 1 is 1.02 bits per heavy atom. The molecular formula is C30H31Cl2F2N3O4. The van der Waals surface area contributed by atoms with Gasteiger partial charge in [-0.25, -0.2) is 8.78 Å². The third kappa shape index (κ3) is 6.10. The smallest absolute Gasteiger partial charge is 0.283 e. The minimum absolute atomic E-state index is 0.0726. The molecule has 0 unspecified atom stereocenters. The maximum absolute atomic E-state index is 14.9. The number of carbonyl (C=O) groups is 1. The zero-order valence-electron chi connectivity index (χ0n) is 22.7. The lowest BCUT2D eigenvalue weighted by molar-refractivity contribution is -0.178. The molecule has 7 nitrogen and oxygen atoms in total. The molecular weight excluding hydrogens is 575 g/mol. The third-order valence-electron chi connectivity index (χ3n) is 7.03. The summed E-state index contributed by atoms with van der Waals surface area (Å²) in [6, 6.07) is 16.5. The summed E-state index contributed by atoms with van der Waals surface area (Å²) in [5, 5.41) is 6.07. The van der Waals surface area contributed by atoms with Crippen LogP contribution in [0.4, 0.5) is 8.78 Å². The normalized spacial score (nSPS) is 18.1. The minimum Gasteiger partial charge on any atom is -0.443 e. The van der Waals surface area contributed by atoms with Gasteiger partial charge in [-0.2, -0.15) is 5.01 Å². The van der Waals surface area contributed by atoms with Gasteiger partial charge in [0.25, 0.3) is 5.91 Å². The number of carbonyl (C=O) groups excluding carboxylic acids is 1. The number of hydrazone groups is 1. The lowest BCUT2D eigenvalue weighted by Gasteiger charge is -2.41. The Morgan fingerprint density at radius 3 is 2.37 bits per heavy atom. The van der Waals surface area contributed by atoms with Crippen molar-refractivity contribution in [3.05, 3.63) is 105 Å². The van der Waals surface area contributed by atoms with E-state index in [9.17, 15) is 13.6 Å². The van der Waals surface area contributed by atoms with Crippen molar-refractivity contribution in [3.63, 3.8) is 0 Å². The van der Waals surface area contributed by atoms with Crippen LogP contribution in [0, 0.1) is 11.6 Å². The molecule has 2 atom stereocenters. The van der Waals surface area contributed by atoms with Gasteiger partial charge in [0.2, 0.25) is 11.6 Å². The third-order valence-corrected chi connectivity index (χ3v) is 7.69. The summed E-state index contributed by atoms with van der Waals surface area (Å²) in [6.45, 7) is 0.585. The molecule has 0 fully saturated rings. The van der Waals surface area contributed by atoms with Crippen molar-refractivity contribution in [3.8, 4) is 0 Å². The summed E-state index contributed by atoms with van der Waals surface area (Å²) >= 11 is 13.0. The summed E-state index contributed by atoms with van der Waals surface area (Å²) < 4.78 is 46.7. The fourth-order valence-corrected chi connectivity index (χ4v) is 5.47. The number of hydrogen-bond donors (Lipinski definition) is 1. The van der Waals surface area contributed by atoms with E-state index in [2.05, 4.69) is 5.10 Å². The molecule has 11 heteroatoms. The molecule has 1 heterocycles. The molecule has 218 valence electrons. The summed E-state index contributed by atoms with van der Waals surface area (Å²) in [7, 11) is 2.88. The van der Waals surface area contributed by atoms with Gasteiger partial charge in [-0.1, -0.05) is 53.5 Å². The van der Waals surface area contributed by atoms with E-state index < -0.39 is 28.9 Å². The van der Waals surface area contributed by atoms with Crippen molar-refractivity contribution in [2.24, 2.45) is 10.8 Å². The number of rotatable bonds is 12. The first-order chi connectivity index (χ1) is 19.7. The predicted molar refractivity (Wildman–Crippen MR) is 153 cm³/mol. The first-order valence-corrected chi connectivity index (χ1v) is 13.8. The molecule has 3 aromatic carbocycles. The fourth-order valence-electron chi connectivity index (χ4n) is 5.00. The lowest BCUT2D eigenvalue weighted by Crippen LogP contribution is -2.54. The molecule has 1 aliphatic heterocycles. The van der Waals surface area contributed by atoms with Gasteiger partial charge < -0.3 is 19.9 Å². The van der Waals surface area contributed by atoms with Crippen molar-refractivity contribution < 1.29 is 27.8 Å². The molecule has 0 radical (unpaired) electrons. The Hall–Kier alpha value is -3.08. The number of amides is 1. The van der Waals surface area contributed by atoms with Crippen LogP contribution in [-0.2, 0) is 30.3 Å². The number of hydrogen-bond acceptors (Lipinski definition) is 6. The SMILES string of the molecule is COCCC[C@@](OC)(C(=O)N1N=C(c2cc(F)ccc2Cl)O[C@@]1(CCCN)c1ccccc1)c1cc(F)ccc1Cl. The molecule has 3 aromatic rings. The molecule has 0 bridgehead atoms. The Kier molecular flexibility index (Phi) is 9.99. The van der Waals surface area contributed by atoms with Crippen LogP contribution in [-0.4, -0.2) is 44.2 Å². The van der Waals surface area contributed by atoms with Gasteiger partial charge in [-0.05, 0) is 62.2 Å². The second-order valence-corrected chi connectivity index (χ2v) is 10.4. The molecule has 0 aliphatic carbocycles. The first-order valence-electron chi connectivity index (χ1n) is 13.1. The van der Waals surface area contributed by atoms with Crippen molar-refractivity contribution >= 4 is 35.0 Å². The monoisotopic (exact) mass is 605 g/mol. The molecule has 1 amide bonds. The van der Waals surface area contributed by atoms with Gasteiger partial charge in [0, 0.05) is 43.4 Å². The van der Waals surface area contributed by atoms with E-state index in [4.69, 9.17) is 43.1 Å². The van der Waals surface area contributed by atoms with Gasteiger partial charge in [0.05, 0.1) is 10.6 Å². The minimum atomic E-state index is -1.80. The first kappa shape index (κ1) is 30.9. The molecule has 0 aromatic heterocycles. The Bertz CT molecular complexity index is 1410. The van der Waals surface area contributed by atoms with Crippen LogP contribution in [0.15, 0.2) is 71.8 Å². The average molecular weight is 606 g/mol. The Balaban J connectivity index is 1.97. The van der Waals surface area contributed by atoms with Gasteiger partial charge in [0.15, 0.2) is 5.60 Å². The summed E-state index contributed by atoms with van der Waals surface area (Å²) in [5.41, 5.74) is 3.45. The Morgan fingerprint density at radius 2 is 1.71 bits per heavy atom. The van der Waals surface area contributed by atoms with E-state index in [1.807, 2.05) is 6.07 Å². The highest BCUT2D eigenvalue weighted by molar-refractivity contribution is 6.34. The maximum atomic E-state index is 14.9. The quantitative estimate of drug-likeness (QED) is 0.243. The van der Waals surface area contributed by atoms with Crippen molar-refractivity contribution in [1.29, 1.82) is 0 Å². The largest absolute Gasteiger partial charge is 0.443 e. The van der Waals surface area contributed by atoms with Gasteiger partial charge in [0.1, 0.15) is 11.6 Å². The fraction of sp³-hybridized carbons (Fsp3) is 0.333. The van der Waals surface area contributed by atoms with Crippen LogP contribution < -0.4 is 5.73 Å². The molecule has 1 aliphatic rings. The second-order valence-electron chi connectivity index (χ2n) is 9.54. The van der Waals surface area contributed by atoms with Crippen molar-refractivity contribution in [2.45, 2.75) is 37.0 Å². The average Bonchev–Trinajstić information content (AvgIpc) is 3.37. The van der Waals surface area contributed by atoms with Crippen LogP contribution in [0.25, 0.3) is 0 Å². The molecule has 0 spiro atoms. The second kappa shape index (κ2) is 13.3. The zero-order valence-corrected chi connectivity index (χ0v) is 24.2. The van der Waals surface area contributed by atoms with Crippen LogP contribution in [0.5, 0.6) is 0 Å². The predicted octanol–water partition coefficient (Wildman–Crippen LogP) is 6.35. The van der Waals surface area contributed by atoms with Crippen LogP contribution in [0.1, 0.15) is 42.4 Å². The number of ether oxygens (including phenoxy) is 3. The van der Waals surface area contributed by atoms with Crippen molar-refractivity contribution in [2.75, 3.05) is 27.4 Å². The molecule has 2 N–H and O–H groups in total. The van der Waals surface area contributed by atoms with E-state index in [-0.39, 0.29) is 46.5 Å². The Labute approximate surface area is 247 Å².